The van der Waals surface area contributed by atoms with Gasteiger partial charge in [0.25, 0.3) is 0 Å². The van der Waals surface area contributed by atoms with Crippen LogP contribution in [0.5, 0.6) is 0 Å². The molecule has 4 aromatic rings. The average Bonchev–Trinajstić information content (AvgIpc) is 2.73. The van der Waals surface area contributed by atoms with Gasteiger partial charge in [-0.2, -0.15) is 0 Å². The Morgan fingerprint density at radius 2 is 1.61 bits per heavy atom. The molecule has 0 N–H and O–H groups in total. The van der Waals surface area contributed by atoms with Crippen LogP contribution in [0.4, 0.5) is 0 Å². The van der Waals surface area contributed by atoms with Gasteiger partial charge in [0, 0.05) is 10.8 Å². The molecule has 0 fully saturated rings. The predicted molar refractivity (Wildman–Crippen MR) is 76.0 cm³/mol. The highest BCUT2D eigenvalue weighted by atomic mass is 16.3. The molecular weight excluding hydrogens is 220 g/mol. The van der Waals surface area contributed by atoms with Crippen LogP contribution in [0.1, 0.15) is 5.56 Å². The van der Waals surface area contributed by atoms with Gasteiger partial charge in [-0.15, -0.1) is 0 Å². The first-order chi connectivity index (χ1) is 8.81. The molecule has 1 heterocycles. The summed E-state index contributed by atoms with van der Waals surface area (Å²) in [5.41, 5.74) is 3.20. The molecule has 1 aromatic heterocycles. The fraction of sp³-hybridized carbons (Fsp3) is 0.0588. The van der Waals surface area contributed by atoms with Crippen molar-refractivity contribution in [3.63, 3.8) is 0 Å². The third-order valence-electron chi connectivity index (χ3n) is 3.49. The Hall–Kier alpha value is -2.28. The lowest BCUT2D eigenvalue weighted by Gasteiger charge is -1.99. The van der Waals surface area contributed by atoms with Crippen LogP contribution in [-0.2, 0) is 0 Å². The zero-order valence-corrected chi connectivity index (χ0v) is 10.1. The van der Waals surface area contributed by atoms with Crippen LogP contribution in [0, 0.1) is 6.92 Å². The molecule has 0 aliphatic heterocycles. The summed E-state index contributed by atoms with van der Waals surface area (Å²) in [4.78, 5) is 0. The summed E-state index contributed by atoms with van der Waals surface area (Å²) in [5, 5.41) is 4.89. The van der Waals surface area contributed by atoms with Crippen LogP contribution in [-0.4, -0.2) is 0 Å². The molecule has 0 atom stereocenters. The highest BCUT2D eigenvalue weighted by molar-refractivity contribution is 6.09. The lowest BCUT2D eigenvalue weighted by Crippen LogP contribution is -1.75. The lowest BCUT2D eigenvalue weighted by atomic mass is 10.0. The van der Waals surface area contributed by atoms with E-state index < -0.39 is 0 Å². The summed E-state index contributed by atoms with van der Waals surface area (Å²) >= 11 is 0. The number of fused-ring (bicyclic) bond motifs is 4. The molecule has 86 valence electrons. The maximum absolute atomic E-state index is 5.90. The van der Waals surface area contributed by atoms with Gasteiger partial charge in [-0.1, -0.05) is 42.0 Å². The van der Waals surface area contributed by atoms with Crippen molar-refractivity contribution in [3.05, 3.63) is 60.2 Å². The van der Waals surface area contributed by atoms with Crippen molar-refractivity contribution >= 4 is 32.7 Å². The highest BCUT2D eigenvalue weighted by Gasteiger charge is 2.07. The van der Waals surface area contributed by atoms with Crippen LogP contribution in [0.25, 0.3) is 32.7 Å². The molecule has 0 saturated heterocycles. The monoisotopic (exact) mass is 232 g/mol. The van der Waals surface area contributed by atoms with Gasteiger partial charge in [-0.05, 0) is 35.9 Å². The Morgan fingerprint density at radius 1 is 0.722 bits per heavy atom. The van der Waals surface area contributed by atoms with Crippen molar-refractivity contribution in [1.29, 1.82) is 0 Å². The normalized spacial score (nSPS) is 11.6. The largest absolute Gasteiger partial charge is 0.456 e. The first-order valence-electron chi connectivity index (χ1n) is 6.13. The van der Waals surface area contributed by atoms with Crippen molar-refractivity contribution in [1.82, 2.24) is 0 Å². The quantitative estimate of drug-likeness (QED) is 0.413. The van der Waals surface area contributed by atoms with Crippen molar-refractivity contribution in [2.45, 2.75) is 6.92 Å². The maximum atomic E-state index is 5.90. The molecule has 1 heteroatoms. The second-order valence-corrected chi connectivity index (χ2v) is 4.80. The van der Waals surface area contributed by atoms with Gasteiger partial charge in [0.1, 0.15) is 11.2 Å². The minimum atomic E-state index is 0.958. The fourth-order valence-corrected chi connectivity index (χ4v) is 2.59. The van der Waals surface area contributed by atoms with Crippen molar-refractivity contribution in [3.8, 4) is 0 Å². The first-order valence-corrected chi connectivity index (χ1v) is 6.13. The summed E-state index contributed by atoms with van der Waals surface area (Å²) in [7, 11) is 0. The standard InChI is InChI=1S/C17H12O/c1-11-6-7-12-9-15-14-4-2-3-5-16(14)18-17(15)10-13(12)8-11/h2-10H,1H3. The average molecular weight is 232 g/mol. The molecule has 0 amide bonds. The summed E-state index contributed by atoms with van der Waals surface area (Å²) in [6.07, 6.45) is 0. The van der Waals surface area contributed by atoms with Crippen LogP contribution in [0.2, 0.25) is 0 Å². The van der Waals surface area contributed by atoms with Crippen LogP contribution >= 0.6 is 0 Å². The number of benzene rings is 3. The lowest BCUT2D eigenvalue weighted by molar-refractivity contribution is 0.669. The van der Waals surface area contributed by atoms with E-state index in [0.717, 1.165) is 11.2 Å². The van der Waals surface area contributed by atoms with Gasteiger partial charge >= 0.3 is 0 Å². The van der Waals surface area contributed by atoms with Crippen molar-refractivity contribution in [2.75, 3.05) is 0 Å². The Bertz CT molecular complexity index is 884. The van der Waals surface area contributed by atoms with Gasteiger partial charge < -0.3 is 4.42 Å². The molecule has 0 bridgehead atoms. The number of para-hydroxylation sites is 1. The number of hydrogen-bond acceptors (Lipinski definition) is 1. The molecule has 0 unspecified atom stereocenters. The van der Waals surface area contributed by atoms with Gasteiger partial charge in [-0.25, -0.2) is 0 Å². The Kier molecular flexibility index (Phi) is 1.81. The second-order valence-electron chi connectivity index (χ2n) is 4.80. The van der Waals surface area contributed by atoms with Crippen LogP contribution < -0.4 is 0 Å². The van der Waals surface area contributed by atoms with Gasteiger partial charge in [-0.3, -0.25) is 0 Å². The van der Waals surface area contributed by atoms with Crippen LogP contribution in [0.3, 0.4) is 0 Å². The SMILES string of the molecule is Cc1ccc2cc3c(cc2c1)oc1ccccc13. The van der Waals surface area contributed by atoms with E-state index in [-0.39, 0.29) is 0 Å². The maximum Gasteiger partial charge on any atom is 0.136 e. The molecule has 0 aliphatic rings. The van der Waals surface area contributed by atoms with Gasteiger partial charge in [0.2, 0.25) is 0 Å². The number of rotatable bonds is 0. The third kappa shape index (κ3) is 1.28. The predicted octanol–water partition coefficient (Wildman–Crippen LogP) is 5.05. The molecule has 1 nitrogen and oxygen atoms in total. The zero-order valence-electron chi connectivity index (χ0n) is 10.1. The van der Waals surface area contributed by atoms with E-state index in [2.05, 4.69) is 49.4 Å². The summed E-state index contributed by atoms with van der Waals surface area (Å²) < 4.78 is 5.90. The molecular formula is C17H12O. The summed E-state index contributed by atoms with van der Waals surface area (Å²) in [6.45, 7) is 2.11. The van der Waals surface area contributed by atoms with Gasteiger partial charge in [0.15, 0.2) is 0 Å². The Labute approximate surface area is 105 Å². The first kappa shape index (κ1) is 9.72. The zero-order chi connectivity index (χ0) is 12.1. The number of hydrogen-bond donors (Lipinski definition) is 0. The van der Waals surface area contributed by atoms with E-state index >= 15 is 0 Å². The number of furan rings is 1. The van der Waals surface area contributed by atoms with Crippen molar-refractivity contribution in [2.24, 2.45) is 0 Å². The molecule has 0 radical (unpaired) electrons. The number of aryl methyl sites for hydroxylation is 1. The summed E-state index contributed by atoms with van der Waals surface area (Å²) in [5.74, 6) is 0. The minimum Gasteiger partial charge on any atom is -0.456 e. The van der Waals surface area contributed by atoms with Crippen molar-refractivity contribution < 1.29 is 4.42 Å². The molecule has 3 aromatic carbocycles. The van der Waals surface area contributed by atoms with E-state index in [4.69, 9.17) is 4.42 Å². The third-order valence-corrected chi connectivity index (χ3v) is 3.49. The van der Waals surface area contributed by atoms with E-state index in [9.17, 15) is 0 Å². The molecule has 4 rings (SSSR count). The second kappa shape index (κ2) is 3.36. The smallest absolute Gasteiger partial charge is 0.136 e. The topological polar surface area (TPSA) is 13.1 Å². The molecule has 0 saturated carbocycles. The van der Waals surface area contributed by atoms with Gasteiger partial charge in [0.05, 0.1) is 0 Å². The van der Waals surface area contributed by atoms with E-state index in [1.807, 2.05) is 12.1 Å². The molecule has 0 spiro atoms. The van der Waals surface area contributed by atoms with Crippen LogP contribution in [0.15, 0.2) is 59.0 Å². The molecule has 0 aliphatic carbocycles. The fourth-order valence-electron chi connectivity index (χ4n) is 2.59. The van der Waals surface area contributed by atoms with E-state index in [0.29, 0.717) is 0 Å². The minimum absolute atomic E-state index is 0.958. The Morgan fingerprint density at radius 3 is 2.56 bits per heavy atom. The van der Waals surface area contributed by atoms with E-state index in [1.165, 1.54) is 27.1 Å². The molecule has 18 heavy (non-hydrogen) atoms. The van der Waals surface area contributed by atoms with E-state index in [1.54, 1.807) is 0 Å². The Balaban J connectivity index is 2.23. The highest BCUT2D eigenvalue weighted by Crippen LogP contribution is 2.32. The summed E-state index contributed by atoms with van der Waals surface area (Å²) in [6, 6.07) is 19.1.